The van der Waals surface area contributed by atoms with E-state index < -0.39 is 0 Å². The number of aliphatic imine (C=N–C) groups is 2. The van der Waals surface area contributed by atoms with Crippen LogP contribution in [-0.4, -0.2) is 26.4 Å². The first-order chi connectivity index (χ1) is 19.1. The molecule has 0 radical (unpaired) electrons. The Morgan fingerprint density at radius 1 is 0.846 bits per heavy atom. The van der Waals surface area contributed by atoms with Gasteiger partial charge in [-0.2, -0.15) is 9.78 Å². The third-order valence-corrected chi connectivity index (χ3v) is 7.22. The first kappa shape index (κ1) is 23.4. The van der Waals surface area contributed by atoms with E-state index in [9.17, 15) is 0 Å². The molecular weight excluding hydrogens is 506 g/mol. The van der Waals surface area contributed by atoms with E-state index in [1.165, 1.54) is 5.56 Å². The van der Waals surface area contributed by atoms with Gasteiger partial charge in [0.25, 0.3) is 0 Å². The predicted octanol–water partition coefficient (Wildman–Crippen LogP) is 7.33. The number of aromatic nitrogens is 3. The van der Waals surface area contributed by atoms with E-state index in [1.54, 1.807) is 6.20 Å². The normalized spacial score (nSPS) is 15.6. The van der Waals surface area contributed by atoms with E-state index >= 15 is 0 Å². The maximum Gasteiger partial charge on any atom is 0.179 e. The summed E-state index contributed by atoms with van der Waals surface area (Å²) in [6.07, 6.45) is 1.76. The molecule has 8 heteroatoms. The Morgan fingerprint density at radius 3 is 2.46 bits per heavy atom. The van der Waals surface area contributed by atoms with Crippen LogP contribution in [0.25, 0.3) is 5.82 Å². The van der Waals surface area contributed by atoms with Crippen molar-refractivity contribution in [1.82, 2.24) is 14.8 Å². The van der Waals surface area contributed by atoms with Crippen LogP contribution in [0.15, 0.2) is 107 Å². The van der Waals surface area contributed by atoms with Crippen molar-refractivity contribution >= 4 is 46.2 Å². The van der Waals surface area contributed by atoms with Gasteiger partial charge in [0.2, 0.25) is 0 Å². The monoisotopic (exact) mass is 529 g/mol. The van der Waals surface area contributed by atoms with Crippen LogP contribution in [0.2, 0.25) is 5.02 Å². The molecule has 190 valence electrons. The maximum absolute atomic E-state index is 6.54. The number of pyridine rings is 1. The molecule has 2 aliphatic rings. The summed E-state index contributed by atoms with van der Waals surface area (Å²) in [4.78, 5) is 17.1. The molecule has 5 aromatic rings. The van der Waals surface area contributed by atoms with Gasteiger partial charge in [0.15, 0.2) is 23.3 Å². The van der Waals surface area contributed by atoms with Crippen LogP contribution in [-0.2, 0) is 0 Å². The van der Waals surface area contributed by atoms with Crippen molar-refractivity contribution in [2.45, 2.75) is 19.9 Å². The summed E-state index contributed by atoms with van der Waals surface area (Å²) in [6.45, 7) is 4.09. The minimum Gasteiger partial charge on any atom is -0.337 e. The third kappa shape index (κ3) is 3.99. The Hall–Kier alpha value is -4.75. The molecule has 2 aromatic heterocycles. The highest BCUT2D eigenvalue weighted by molar-refractivity contribution is 6.51. The zero-order valence-corrected chi connectivity index (χ0v) is 22.1. The molecule has 0 unspecified atom stereocenters. The van der Waals surface area contributed by atoms with Crippen molar-refractivity contribution in [2.75, 3.05) is 10.2 Å². The molecule has 3 aromatic carbocycles. The van der Waals surface area contributed by atoms with Crippen molar-refractivity contribution in [3.63, 3.8) is 0 Å². The average Bonchev–Trinajstić information content (AvgIpc) is 3.29. The van der Waals surface area contributed by atoms with Crippen LogP contribution in [0.1, 0.15) is 28.4 Å². The number of aryl methyl sites for hydroxylation is 2. The smallest absolute Gasteiger partial charge is 0.179 e. The highest BCUT2D eigenvalue weighted by Gasteiger charge is 2.41. The summed E-state index contributed by atoms with van der Waals surface area (Å²) < 4.78 is 1.82. The Morgan fingerprint density at radius 2 is 1.67 bits per heavy atom. The molecular formula is C31H24ClN7. The Labute approximate surface area is 231 Å². The lowest BCUT2D eigenvalue weighted by molar-refractivity contribution is 0.810. The molecule has 0 fully saturated rings. The van der Waals surface area contributed by atoms with Gasteiger partial charge in [0.1, 0.15) is 0 Å². The van der Waals surface area contributed by atoms with E-state index in [-0.39, 0.29) is 6.04 Å². The number of amidine groups is 2. The quantitative estimate of drug-likeness (QED) is 0.265. The highest BCUT2D eigenvalue weighted by atomic mass is 35.5. The second kappa shape index (κ2) is 9.22. The lowest BCUT2D eigenvalue weighted by Crippen LogP contribution is -2.46. The zero-order valence-electron chi connectivity index (χ0n) is 21.4. The van der Waals surface area contributed by atoms with Gasteiger partial charge in [-0.3, -0.25) is 0 Å². The first-order valence-electron chi connectivity index (χ1n) is 12.7. The third-order valence-electron chi connectivity index (χ3n) is 6.98. The summed E-state index contributed by atoms with van der Waals surface area (Å²) >= 11 is 6.54. The minimum atomic E-state index is -0.241. The maximum atomic E-state index is 6.54. The van der Waals surface area contributed by atoms with Crippen LogP contribution in [0.5, 0.6) is 0 Å². The second-order valence-electron chi connectivity index (χ2n) is 9.63. The number of halogens is 1. The molecule has 0 saturated heterocycles. The summed E-state index contributed by atoms with van der Waals surface area (Å²) in [5, 5.41) is 9.13. The second-order valence-corrected chi connectivity index (χ2v) is 10.1. The lowest BCUT2D eigenvalue weighted by atomic mass is 9.93. The lowest BCUT2D eigenvalue weighted by Gasteiger charge is -2.40. The Bertz CT molecular complexity index is 1770. The number of hydrogen-bond donors (Lipinski definition) is 1. The van der Waals surface area contributed by atoms with Crippen molar-refractivity contribution < 1.29 is 0 Å². The van der Waals surface area contributed by atoms with Gasteiger partial charge in [-0.25, -0.2) is 15.0 Å². The molecule has 2 aliphatic heterocycles. The Kier molecular flexibility index (Phi) is 5.52. The van der Waals surface area contributed by atoms with Crippen molar-refractivity contribution in [2.24, 2.45) is 9.98 Å². The standard InChI is InChI=1S/C31H24ClN7/c1-19-13-15-23(16-14-19)34-29-31-36-30-27(20(2)37-39(30)26-12-5-6-17-33-26)28(21-8-7-9-22(32)18-21)38(31)25-11-4-3-10-24(25)35-29/h3-18,28H,1-2H3,(H,34,35)/t28-/m0/s1. The van der Waals surface area contributed by atoms with Crippen LogP contribution in [0.3, 0.4) is 0 Å². The van der Waals surface area contributed by atoms with Crippen molar-refractivity contribution in [3.05, 3.63) is 125 Å². The van der Waals surface area contributed by atoms with E-state index in [1.807, 2.05) is 78.3 Å². The number of nitrogens with one attached hydrogen (secondary N) is 1. The molecule has 0 spiro atoms. The summed E-state index contributed by atoms with van der Waals surface area (Å²) in [5.74, 6) is 2.77. The number of rotatable bonds is 3. The average molecular weight is 530 g/mol. The molecule has 1 N–H and O–H groups in total. The number of hydrogen-bond acceptors (Lipinski definition) is 6. The largest absolute Gasteiger partial charge is 0.337 e. The highest BCUT2D eigenvalue weighted by Crippen LogP contribution is 2.48. The number of benzene rings is 3. The van der Waals surface area contributed by atoms with E-state index in [4.69, 9.17) is 26.7 Å². The van der Waals surface area contributed by atoms with Crippen LogP contribution >= 0.6 is 11.6 Å². The number of nitrogens with zero attached hydrogens (tertiary/aromatic N) is 6. The van der Waals surface area contributed by atoms with Gasteiger partial charge in [-0.15, -0.1) is 0 Å². The van der Waals surface area contributed by atoms with Gasteiger partial charge >= 0.3 is 0 Å². The molecule has 1 atom stereocenters. The summed E-state index contributed by atoms with van der Waals surface area (Å²) in [6, 6.07) is 29.9. The van der Waals surface area contributed by atoms with E-state index in [0.29, 0.717) is 22.5 Å². The van der Waals surface area contributed by atoms with Gasteiger partial charge in [0, 0.05) is 22.5 Å². The zero-order chi connectivity index (χ0) is 26.5. The predicted molar refractivity (Wildman–Crippen MR) is 157 cm³/mol. The summed E-state index contributed by atoms with van der Waals surface area (Å²) in [7, 11) is 0. The summed E-state index contributed by atoms with van der Waals surface area (Å²) in [5.41, 5.74) is 6.85. The van der Waals surface area contributed by atoms with Crippen LogP contribution in [0.4, 0.5) is 22.9 Å². The first-order valence-corrected chi connectivity index (χ1v) is 13.1. The van der Waals surface area contributed by atoms with Gasteiger partial charge in [0.05, 0.1) is 23.1 Å². The molecule has 0 aliphatic carbocycles. The number of fused-ring (bicyclic) bond motifs is 4. The van der Waals surface area contributed by atoms with Gasteiger partial charge < -0.3 is 10.2 Å². The molecule has 0 bridgehead atoms. The van der Waals surface area contributed by atoms with Crippen LogP contribution < -0.4 is 10.2 Å². The molecule has 4 heterocycles. The van der Waals surface area contributed by atoms with Gasteiger partial charge in [-0.05, 0) is 67.9 Å². The number of para-hydroxylation sites is 2. The molecule has 7 rings (SSSR count). The topological polar surface area (TPSA) is 70.7 Å². The SMILES string of the molecule is Cc1ccc(NC2=Nc3ccccc3N3C2=Nc2c(c(C)nn2-c2ccccn2)[C@@H]3c2cccc(Cl)c2)cc1. The van der Waals surface area contributed by atoms with Crippen LogP contribution in [0, 0.1) is 13.8 Å². The van der Waals surface area contributed by atoms with Crippen molar-refractivity contribution in [3.8, 4) is 5.82 Å². The van der Waals surface area contributed by atoms with E-state index in [2.05, 4.69) is 46.4 Å². The molecule has 0 amide bonds. The fourth-order valence-corrected chi connectivity index (χ4v) is 5.40. The molecule has 0 saturated carbocycles. The number of anilines is 2. The van der Waals surface area contributed by atoms with Gasteiger partial charge in [-0.1, -0.05) is 59.6 Å². The van der Waals surface area contributed by atoms with E-state index in [0.717, 1.165) is 39.7 Å². The minimum absolute atomic E-state index is 0.241. The van der Waals surface area contributed by atoms with Crippen molar-refractivity contribution in [1.29, 1.82) is 0 Å². The fraction of sp³-hybridized carbons (Fsp3) is 0.0968. The molecule has 39 heavy (non-hydrogen) atoms. The Balaban J connectivity index is 1.50. The molecule has 7 nitrogen and oxygen atoms in total. The fourth-order valence-electron chi connectivity index (χ4n) is 5.20.